The van der Waals surface area contributed by atoms with Gasteiger partial charge >= 0.3 is 5.97 Å². The summed E-state index contributed by atoms with van der Waals surface area (Å²) in [5.74, 6) is 0.420. The molecule has 0 heterocycles. The summed E-state index contributed by atoms with van der Waals surface area (Å²) in [6.45, 7) is 3.89. The normalized spacial score (nSPS) is 12.8. The molecule has 0 aliphatic heterocycles. The van der Waals surface area contributed by atoms with Crippen LogP contribution < -0.4 is 0 Å². The summed E-state index contributed by atoms with van der Waals surface area (Å²) in [4.78, 5) is 11.1. The second-order valence-electron chi connectivity index (χ2n) is 4.51. The van der Waals surface area contributed by atoms with Crippen LogP contribution in [0.3, 0.4) is 0 Å². The molecule has 0 radical (unpaired) electrons. The Bertz CT molecular complexity index is 180. The molecule has 0 fully saturated rings. The minimum Gasteiger partial charge on any atom is -0.463 e. The Morgan fingerprint density at radius 1 is 1.25 bits per heavy atom. The summed E-state index contributed by atoms with van der Waals surface area (Å²) in [5.41, 5.74) is 0. The van der Waals surface area contributed by atoms with Gasteiger partial charge in [0.05, 0.1) is 6.61 Å². The van der Waals surface area contributed by atoms with E-state index in [0.29, 0.717) is 12.3 Å². The molecule has 96 valence electrons. The van der Waals surface area contributed by atoms with Gasteiger partial charge in [-0.3, -0.25) is 4.79 Å². The van der Waals surface area contributed by atoms with Gasteiger partial charge in [0.2, 0.25) is 0 Å². The molecule has 2 N–H and O–H groups in total. The van der Waals surface area contributed by atoms with E-state index in [9.17, 15) is 4.79 Å². The highest BCUT2D eigenvalue weighted by molar-refractivity contribution is 5.69. The molecule has 1 unspecified atom stereocenters. The number of carbonyl (C=O) groups excluding carboxylic acids is 1. The fraction of sp³-hybridized carbons (Fsp3) is 0.917. The standard InChI is InChI=1S/C12H24O4/c1-10(2)6-4-3-5-7-12(15)16-9-11(14)8-13/h10-11,13-14H,3-9H2,1-2H3. The summed E-state index contributed by atoms with van der Waals surface area (Å²) >= 11 is 0. The van der Waals surface area contributed by atoms with Gasteiger partial charge in [-0.15, -0.1) is 0 Å². The zero-order valence-corrected chi connectivity index (χ0v) is 10.3. The van der Waals surface area contributed by atoms with Crippen molar-refractivity contribution in [3.63, 3.8) is 0 Å². The Morgan fingerprint density at radius 3 is 2.50 bits per heavy atom. The van der Waals surface area contributed by atoms with Crippen molar-refractivity contribution in [1.82, 2.24) is 0 Å². The second kappa shape index (κ2) is 9.60. The smallest absolute Gasteiger partial charge is 0.305 e. The third kappa shape index (κ3) is 9.93. The molecule has 0 aromatic heterocycles. The van der Waals surface area contributed by atoms with Gasteiger partial charge in [-0.05, 0) is 12.3 Å². The summed E-state index contributed by atoms with van der Waals surface area (Å²) in [6.07, 6.45) is 3.65. The predicted octanol–water partition coefficient (Wildman–Crippen LogP) is 1.49. The van der Waals surface area contributed by atoms with Crippen molar-refractivity contribution in [3.05, 3.63) is 0 Å². The van der Waals surface area contributed by atoms with E-state index < -0.39 is 6.10 Å². The first-order valence-electron chi connectivity index (χ1n) is 6.00. The first-order valence-corrected chi connectivity index (χ1v) is 6.00. The van der Waals surface area contributed by atoms with Gasteiger partial charge in [0.25, 0.3) is 0 Å². The third-order valence-corrected chi connectivity index (χ3v) is 2.31. The molecule has 1 atom stereocenters. The first kappa shape index (κ1) is 15.4. The van der Waals surface area contributed by atoms with Crippen molar-refractivity contribution in [2.75, 3.05) is 13.2 Å². The molecule has 16 heavy (non-hydrogen) atoms. The monoisotopic (exact) mass is 232 g/mol. The van der Waals surface area contributed by atoms with E-state index >= 15 is 0 Å². The average molecular weight is 232 g/mol. The lowest BCUT2D eigenvalue weighted by Gasteiger charge is -2.08. The van der Waals surface area contributed by atoms with E-state index in [1.54, 1.807) is 0 Å². The Kier molecular flexibility index (Phi) is 9.24. The number of hydrogen-bond donors (Lipinski definition) is 2. The van der Waals surface area contributed by atoms with Crippen molar-refractivity contribution < 1.29 is 19.7 Å². The quantitative estimate of drug-likeness (QED) is 0.467. The van der Waals surface area contributed by atoms with E-state index in [2.05, 4.69) is 13.8 Å². The number of hydrogen-bond acceptors (Lipinski definition) is 4. The van der Waals surface area contributed by atoms with Crippen molar-refractivity contribution in [3.8, 4) is 0 Å². The highest BCUT2D eigenvalue weighted by atomic mass is 16.5. The van der Waals surface area contributed by atoms with Crippen LogP contribution in [0.25, 0.3) is 0 Å². The SMILES string of the molecule is CC(C)CCCCCC(=O)OCC(O)CO. The van der Waals surface area contributed by atoms with Crippen LogP contribution in [-0.4, -0.2) is 35.5 Å². The molecule has 0 bridgehead atoms. The molecule has 0 saturated carbocycles. The van der Waals surface area contributed by atoms with E-state index in [0.717, 1.165) is 19.3 Å². The highest BCUT2D eigenvalue weighted by Gasteiger charge is 2.07. The molecule has 4 nitrogen and oxygen atoms in total. The lowest BCUT2D eigenvalue weighted by Crippen LogP contribution is -2.21. The molecule has 0 amide bonds. The lowest BCUT2D eigenvalue weighted by atomic mass is 10.0. The average Bonchev–Trinajstić information content (AvgIpc) is 2.24. The van der Waals surface area contributed by atoms with Crippen molar-refractivity contribution in [2.45, 2.75) is 52.1 Å². The predicted molar refractivity (Wildman–Crippen MR) is 62.0 cm³/mol. The van der Waals surface area contributed by atoms with Crippen LogP contribution >= 0.6 is 0 Å². The number of carbonyl (C=O) groups is 1. The maximum Gasteiger partial charge on any atom is 0.305 e. The van der Waals surface area contributed by atoms with Crippen LogP contribution in [0.5, 0.6) is 0 Å². The minimum atomic E-state index is -0.954. The molecule has 0 aliphatic carbocycles. The number of unbranched alkanes of at least 4 members (excludes halogenated alkanes) is 2. The van der Waals surface area contributed by atoms with Crippen molar-refractivity contribution in [2.24, 2.45) is 5.92 Å². The number of esters is 1. The topological polar surface area (TPSA) is 66.8 Å². The molecule has 0 rings (SSSR count). The third-order valence-electron chi connectivity index (χ3n) is 2.31. The molecular formula is C12H24O4. The Labute approximate surface area is 97.6 Å². The second-order valence-corrected chi connectivity index (χ2v) is 4.51. The van der Waals surface area contributed by atoms with E-state index in [-0.39, 0.29) is 19.2 Å². The summed E-state index contributed by atoms with van der Waals surface area (Å²) in [5, 5.41) is 17.5. The van der Waals surface area contributed by atoms with Gasteiger partial charge in [-0.25, -0.2) is 0 Å². The van der Waals surface area contributed by atoms with Crippen LogP contribution in [0.15, 0.2) is 0 Å². The first-order chi connectivity index (χ1) is 7.56. The Balaban J connectivity index is 3.30. The largest absolute Gasteiger partial charge is 0.463 e. The van der Waals surface area contributed by atoms with Gasteiger partial charge in [0.15, 0.2) is 0 Å². The van der Waals surface area contributed by atoms with Crippen LogP contribution in [0.1, 0.15) is 46.0 Å². The van der Waals surface area contributed by atoms with Gasteiger partial charge < -0.3 is 14.9 Å². The number of rotatable bonds is 9. The number of ether oxygens (including phenoxy) is 1. The van der Waals surface area contributed by atoms with Crippen molar-refractivity contribution >= 4 is 5.97 Å². The number of aliphatic hydroxyl groups is 2. The van der Waals surface area contributed by atoms with Crippen LogP contribution in [0.4, 0.5) is 0 Å². The Hall–Kier alpha value is -0.610. The lowest BCUT2D eigenvalue weighted by molar-refractivity contribution is -0.147. The zero-order chi connectivity index (χ0) is 12.4. The summed E-state index contributed by atoms with van der Waals surface area (Å²) < 4.78 is 4.77. The van der Waals surface area contributed by atoms with Crippen LogP contribution in [-0.2, 0) is 9.53 Å². The molecule has 0 aliphatic rings. The van der Waals surface area contributed by atoms with E-state index in [1.807, 2.05) is 0 Å². The Morgan fingerprint density at radius 2 is 1.94 bits per heavy atom. The minimum absolute atomic E-state index is 0.110. The van der Waals surface area contributed by atoms with E-state index in [4.69, 9.17) is 14.9 Å². The summed E-state index contributed by atoms with van der Waals surface area (Å²) in [6, 6.07) is 0. The zero-order valence-electron chi connectivity index (χ0n) is 10.3. The molecule has 4 heteroatoms. The molecule has 0 spiro atoms. The van der Waals surface area contributed by atoms with Crippen molar-refractivity contribution in [1.29, 1.82) is 0 Å². The van der Waals surface area contributed by atoms with Gasteiger partial charge in [-0.1, -0.05) is 33.1 Å². The molecule has 0 saturated heterocycles. The number of aliphatic hydroxyl groups excluding tert-OH is 2. The fourth-order valence-corrected chi connectivity index (χ4v) is 1.31. The van der Waals surface area contributed by atoms with Crippen LogP contribution in [0, 0.1) is 5.92 Å². The molecular weight excluding hydrogens is 208 g/mol. The highest BCUT2D eigenvalue weighted by Crippen LogP contribution is 2.09. The maximum absolute atomic E-state index is 11.1. The fourth-order valence-electron chi connectivity index (χ4n) is 1.31. The van der Waals surface area contributed by atoms with E-state index in [1.165, 1.54) is 6.42 Å². The summed E-state index contributed by atoms with van der Waals surface area (Å²) in [7, 11) is 0. The van der Waals surface area contributed by atoms with Gasteiger partial charge in [0.1, 0.15) is 12.7 Å². The molecule has 0 aromatic carbocycles. The van der Waals surface area contributed by atoms with Gasteiger partial charge in [0, 0.05) is 6.42 Å². The van der Waals surface area contributed by atoms with Crippen LogP contribution in [0.2, 0.25) is 0 Å². The molecule has 0 aromatic rings. The van der Waals surface area contributed by atoms with Gasteiger partial charge in [-0.2, -0.15) is 0 Å². The maximum atomic E-state index is 11.1.